The number of aryl methyl sites for hydroxylation is 1. The lowest BCUT2D eigenvalue weighted by Crippen LogP contribution is -2.29. The number of aromatic nitrogens is 2. The molecule has 0 saturated heterocycles. The van der Waals surface area contributed by atoms with Crippen molar-refractivity contribution in [3.05, 3.63) is 40.4 Å². The second-order valence-electron chi connectivity index (χ2n) is 5.90. The van der Waals surface area contributed by atoms with E-state index in [0.29, 0.717) is 10.9 Å². The summed E-state index contributed by atoms with van der Waals surface area (Å²) in [5.41, 5.74) is 1.44. The molecule has 0 atom stereocenters. The molecule has 0 amide bonds. The number of fused-ring (bicyclic) bond motifs is 1. The van der Waals surface area contributed by atoms with Crippen LogP contribution in [0.1, 0.15) is 37.7 Å². The Kier molecular flexibility index (Phi) is 4.22. The molecule has 1 aliphatic rings. The van der Waals surface area contributed by atoms with Crippen molar-refractivity contribution >= 4 is 16.9 Å². The Hall–Kier alpha value is -2.17. The maximum Gasteiger partial charge on any atom is 0.326 e. The van der Waals surface area contributed by atoms with E-state index in [0.717, 1.165) is 31.2 Å². The highest BCUT2D eigenvalue weighted by molar-refractivity contribution is 5.80. The maximum atomic E-state index is 12.4. The Bertz CT molecular complexity index is 745. The molecule has 1 heterocycles. The number of ether oxygens (including phenoxy) is 1. The van der Waals surface area contributed by atoms with Crippen LogP contribution in [0.5, 0.6) is 0 Å². The minimum atomic E-state index is -0.359. The van der Waals surface area contributed by atoms with Gasteiger partial charge in [-0.3, -0.25) is 14.2 Å². The molecule has 0 aliphatic heterocycles. The highest BCUT2D eigenvalue weighted by atomic mass is 16.5. The van der Waals surface area contributed by atoms with Crippen LogP contribution in [0.15, 0.2) is 29.3 Å². The van der Waals surface area contributed by atoms with Gasteiger partial charge in [0.15, 0.2) is 0 Å². The van der Waals surface area contributed by atoms with Gasteiger partial charge < -0.3 is 4.74 Å². The zero-order valence-electron chi connectivity index (χ0n) is 12.7. The summed E-state index contributed by atoms with van der Waals surface area (Å²) in [6, 6.07) is 5.47. The molecule has 0 N–H and O–H groups in total. The van der Waals surface area contributed by atoms with Crippen LogP contribution in [0.2, 0.25) is 0 Å². The van der Waals surface area contributed by atoms with E-state index in [2.05, 4.69) is 4.98 Å². The van der Waals surface area contributed by atoms with Crippen molar-refractivity contribution in [1.82, 2.24) is 9.55 Å². The Morgan fingerprint density at radius 1 is 1.32 bits per heavy atom. The van der Waals surface area contributed by atoms with Gasteiger partial charge in [-0.15, -0.1) is 0 Å². The summed E-state index contributed by atoms with van der Waals surface area (Å²) < 4.78 is 6.79. The summed E-state index contributed by atoms with van der Waals surface area (Å²) in [4.78, 5) is 28.7. The van der Waals surface area contributed by atoms with Crippen LogP contribution >= 0.6 is 0 Å². The number of rotatable bonds is 3. The number of hydrogen-bond acceptors (Lipinski definition) is 4. The van der Waals surface area contributed by atoms with Gasteiger partial charge in [0, 0.05) is 0 Å². The largest absolute Gasteiger partial charge is 0.461 e. The smallest absolute Gasteiger partial charge is 0.326 e. The first-order valence-corrected chi connectivity index (χ1v) is 7.79. The fourth-order valence-corrected chi connectivity index (χ4v) is 3.00. The van der Waals surface area contributed by atoms with Crippen LogP contribution in [-0.4, -0.2) is 21.6 Å². The molecule has 1 aromatic carbocycles. The van der Waals surface area contributed by atoms with Gasteiger partial charge >= 0.3 is 5.97 Å². The van der Waals surface area contributed by atoms with Crippen LogP contribution in [-0.2, 0) is 16.1 Å². The van der Waals surface area contributed by atoms with E-state index in [9.17, 15) is 9.59 Å². The Morgan fingerprint density at radius 2 is 2.09 bits per heavy atom. The first-order valence-electron chi connectivity index (χ1n) is 7.79. The molecule has 0 unspecified atom stereocenters. The van der Waals surface area contributed by atoms with E-state index in [1.165, 1.54) is 17.3 Å². The van der Waals surface area contributed by atoms with Gasteiger partial charge in [-0.2, -0.15) is 0 Å². The second-order valence-corrected chi connectivity index (χ2v) is 5.90. The monoisotopic (exact) mass is 300 g/mol. The maximum absolute atomic E-state index is 12.4. The molecule has 0 spiro atoms. The molecule has 1 aliphatic carbocycles. The molecule has 5 nitrogen and oxygen atoms in total. The third-order valence-electron chi connectivity index (χ3n) is 4.21. The Labute approximate surface area is 128 Å². The van der Waals surface area contributed by atoms with E-state index in [4.69, 9.17) is 4.74 Å². The zero-order valence-corrected chi connectivity index (χ0v) is 12.7. The Balaban J connectivity index is 1.77. The lowest BCUT2D eigenvalue weighted by molar-refractivity contribution is -0.151. The van der Waals surface area contributed by atoms with Crippen molar-refractivity contribution in [3.8, 4) is 0 Å². The fourth-order valence-electron chi connectivity index (χ4n) is 3.00. The molecule has 1 saturated carbocycles. The van der Waals surface area contributed by atoms with E-state index < -0.39 is 0 Å². The molecular formula is C17H20N2O3. The predicted molar refractivity (Wildman–Crippen MR) is 83.7 cm³/mol. The van der Waals surface area contributed by atoms with Crippen LogP contribution in [0.25, 0.3) is 10.9 Å². The average molecular weight is 300 g/mol. The fraction of sp³-hybridized carbons (Fsp3) is 0.471. The summed E-state index contributed by atoms with van der Waals surface area (Å²) in [5, 5.41) is 0.535. The van der Waals surface area contributed by atoms with Gasteiger partial charge in [-0.1, -0.05) is 18.6 Å². The Morgan fingerprint density at radius 3 is 2.86 bits per heavy atom. The molecular weight excluding hydrogens is 280 g/mol. The van der Waals surface area contributed by atoms with Gasteiger partial charge in [0.2, 0.25) is 0 Å². The molecule has 3 rings (SSSR count). The summed E-state index contributed by atoms with van der Waals surface area (Å²) in [6.07, 6.45) is 6.71. The van der Waals surface area contributed by atoms with Crippen molar-refractivity contribution in [1.29, 1.82) is 0 Å². The molecule has 2 aromatic rings. The summed E-state index contributed by atoms with van der Waals surface area (Å²) in [7, 11) is 0. The van der Waals surface area contributed by atoms with Gasteiger partial charge in [0.25, 0.3) is 5.56 Å². The molecule has 22 heavy (non-hydrogen) atoms. The number of esters is 1. The normalized spacial score (nSPS) is 15.9. The van der Waals surface area contributed by atoms with Gasteiger partial charge in [0.1, 0.15) is 12.6 Å². The van der Waals surface area contributed by atoms with E-state index in [1.54, 1.807) is 6.07 Å². The van der Waals surface area contributed by atoms with E-state index in [1.807, 2.05) is 19.1 Å². The molecule has 1 fully saturated rings. The second kappa shape index (κ2) is 6.30. The van der Waals surface area contributed by atoms with E-state index >= 15 is 0 Å². The quantitative estimate of drug-likeness (QED) is 0.817. The number of nitrogens with zero attached hydrogens (tertiary/aromatic N) is 2. The topological polar surface area (TPSA) is 61.2 Å². The van der Waals surface area contributed by atoms with Crippen molar-refractivity contribution in [2.24, 2.45) is 0 Å². The van der Waals surface area contributed by atoms with Crippen LogP contribution < -0.4 is 5.56 Å². The van der Waals surface area contributed by atoms with Crippen LogP contribution in [0.4, 0.5) is 0 Å². The van der Waals surface area contributed by atoms with Crippen molar-refractivity contribution in [3.63, 3.8) is 0 Å². The minimum Gasteiger partial charge on any atom is -0.461 e. The number of carbonyl (C=O) groups excluding carboxylic acids is 1. The average Bonchev–Trinajstić information content (AvgIpc) is 2.52. The van der Waals surface area contributed by atoms with Crippen LogP contribution in [0.3, 0.4) is 0 Å². The van der Waals surface area contributed by atoms with Crippen molar-refractivity contribution < 1.29 is 9.53 Å². The lowest BCUT2D eigenvalue weighted by atomic mass is 9.98. The standard InChI is InChI=1S/C17H20N2O3/c1-12-6-5-9-14-16(12)18-11-19(17(14)21)10-15(20)22-13-7-3-2-4-8-13/h5-6,9,11,13H,2-4,7-8,10H2,1H3. The lowest BCUT2D eigenvalue weighted by Gasteiger charge is -2.21. The summed E-state index contributed by atoms with van der Waals surface area (Å²) in [5.74, 6) is -0.359. The SMILES string of the molecule is Cc1cccc2c(=O)n(CC(=O)OC3CCCCC3)cnc12. The molecule has 5 heteroatoms. The highest BCUT2D eigenvalue weighted by Crippen LogP contribution is 2.20. The van der Waals surface area contributed by atoms with Gasteiger partial charge in [0.05, 0.1) is 17.2 Å². The highest BCUT2D eigenvalue weighted by Gasteiger charge is 2.18. The van der Waals surface area contributed by atoms with E-state index in [-0.39, 0.29) is 24.2 Å². The molecule has 1 aromatic heterocycles. The molecule has 0 radical (unpaired) electrons. The van der Waals surface area contributed by atoms with Gasteiger partial charge in [-0.25, -0.2) is 4.98 Å². The first-order chi connectivity index (χ1) is 10.6. The third kappa shape index (κ3) is 3.03. The molecule has 0 bridgehead atoms. The summed E-state index contributed by atoms with van der Waals surface area (Å²) in [6.45, 7) is 1.84. The number of para-hydroxylation sites is 1. The van der Waals surface area contributed by atoms with Crippen molar-refractivity contribution in [2.45, 2.75) is 51.7 Å². The van der Waals surface area contributed by atoms with Crippen molar-refractivity contribution in [2.75, 3.05) is 0 Å². The van der Waals surface area contributed by atoms with Gasteiger partial charge in [-0.05, 0) is 44.2 Å². The summed E-state index contributed by atoms with van der Waals surface area (Å²) >= 11 is 0. The third-order valence-corrected chi connectivity index (χ3v) is 4.21. The molecule has 116 valence electrons. The predicted octanol–water partition coefficient (Wildman–Crippen LogP) is 2.58. The first kappa shape index (κ1) is 14.8. The number of hydrogen-bond donors (Lipinski definition) is 0. The van der Waals surface area contributed by atoms with Crippen LogP contribution in [0, 0.1) is 6.92 Å². The minimum absolute atomic E-state index is 0.00705. The number of benzene rings is 1. The number of carbonyl (C=O) groups is 1. The zero-order chi connectivity index (χ0) is 15.5.